The minimum atomic E-state index is -0.616. The van der Waals surface area contributed by atoms with Crippen molar-refractivity contribution in [2.24, 2.45) is 5.73 Å². The number of hydrogen-bond acceptors (Lipinski definition) is 5. The van der Waals surface area contributed by atoms with Crippen molar-refractivity contribution in [2.75, 3.05) is 31.1 Å². The smallest absolute Gasteiger partial charge is 0.239 e. The average molecular weight is 370 g/mol. The number of nitrogens with zero attached hydrogens (tertiary/aromatic N) is 4. The summed E-state index contributed by atoms with van der Waals surface area (Å²) in [6.45, 7) is 2.42. The zero-order valence-corrected chi connectivity index (χ0v) is 15.1. The van der Waals surface area contributed by atoms with Gasteiger partial charge in [-0.3, -0.25) is 9.78 Å². The van der Waals surface area contributed by atoms with E-state index in [1.807, 2.05) is 18.2 Å². The maximum atomic E-state index is 12.7. The molecule has 134 valence electrons. The van der Waals surface area contributed by atoms with Gasteiger partial charge in [0, 0.05) is 37.4 Å². The molecule has 1 amide bonds. The summed E-state index contributed by atoms with van der Waals surface area (Å²) in [5.74, 6) is -0.0729. The second-order valence-electron chi connectivity index (χ2n) is 6.22. The van der Waals surface area contributed by atoms with E-state index in [0.717, 1.165) is 11.3 Å². The number of piperazine rings is 1. The number of nitrogens with two attached hydrogens (primary N) is 1. The Morgan fingerprint density at radius 1 is 1.27 bits per heavy atom. The topological polar surface area (TPSA) is 86.2 Å². The number of carbonyl (C=O) groups is 1. The Bertz CT molecular complexity index is 827. The zero-order chi connectivity index (χ0) is 18.5. The quantitative estimate of drug-likeness (QED) is 0.888. The van der Waals surface area contributed by atoms with Gasteiger partial charge in [-0.15, -0.1) is 0 Å². The Balaban J connectivity index is 1.60. The standard InChI is InChI=1S/C19H20ClN5O/c20-16-4-2-1-3-14(16)11-17(22)19(26)25-9-7-24(8-10-25)18-13-23-6-5-15(18)12-21/h1-6,13,17H,7-11,22H2. The molecule has 0 aliphatic carbocycles. The van der Waals surface area contributed by atoms with E-state index in [1.165, 1.54) is 0 Å². The molecule has 3 rings (SSSR count). The van der Waals surface area contributed by atoms with Crippen LogP contribution in [0.1, 0.15) is 11.1 Å². The molecule has 2 heterocycles. The van der Waals surface area contributed by atoms with Crippen molar-refractivity contribution >= 4 is 23.2 Å². The second kappa shape index (κ2) is 8.17. The number of benzene rings is 1. The monoisotopic (exact) mass is 369 g/mol. The predicted molar refractivity (Wildman–Crippen MR) is 101 cm³/mol. The van der Waals surface area contributed by atoms with Gasteiger partial charge in [0.2, 0.25) is 5.91 Å². The van der Waals surface area contributed by atoms with Crippen molar-refractivity contribution in [3.63, 3.8) is 0 Å². The Morgan fingerprint density at radius 2 is 2.00 bits per heavy atom. The van der Waals surface area contributed by atoms with Gasteiger partial charge in [0.25, 0.3) is 0 Å². The summed E-state index contributed by atoms with van der Waals surface area (Å²) in [6.07, 6.45) is 3.72. The number of halogens is 1. The van der Waals surface area contributed by atoms with Crippen molar-refractivity contribution in [1.29, 1.82) is 5.26 Å². The van der Waals surface area contributed by atoms with Gasteiger partial charge in [0.15, 0.2) is 0 Å². The van der Waals surface area contributed by atoms with Gasteiger partial charge in [-0.2, -0.15) is 5.26 Å². The lowest BCUT2D eigenvalue weighted by atomic mass is 10.0. The molecule has 0 radical (unpaired) electrons. The molecule has 1 atom stereocenters. The van der Waals surface area contributed by atoms with Crippen LogP contribution in [0.25, 0.3) is 0 Å². The molecular formula is C19H20ClN5O. The second-order valence-corrected chi connectivity index (χ2v) is 6.63. The highest BCUT2D eigenvalue weighted by atomic mass is 35.5. The molecule has 26 heavy (non-hydrogen) atoms. The molecule has 1 aliphatic rings. The SMILES string of the molecule is N#Cc1ccncc1N1CCN(C(=O)C(N)Cc2ccccc2Cl)CC1. The van der Waals surface area contributed by atoms with Crippen molar-refractivity contribution in [3.05, 3.63) is 58.9 Å². The Hall–Kier alpha value is -2.62. The van der Waals surface area contributed by atoms with Crippen LogP contribution in [0.15, 0.2) is 42.7 Å². The first-order chi connectivity index (χ1) is 12.6. The summed E-state index contributed by atoms with van der Waals surface area (Å²) in [5.41, 5.74) is 8.40. The van der Waals surface area contributed by atoms with Crippen LogP contribution in [0.3, 0.4) is 0 Å². The molecule has 1 aromatic carbocycles. The summed E-state index contributed by atoms with van der Waals surface area (Å²) >= 11 is 6.15. The molecule has 0 saturated carbocycles. The minimum Gasteiger partial charge on any atom is -0.366 e. The van der Waals surface area contributed by atoms with Crippen molar-refractivity contribution in [2.45, 2.75) is 12.5 Å². The van der Waals surface area contributed by atoms with Crippen LogP contribution in [0, 0.1) is 11.3 Å². The lowest BCUT2D eigenvalue weighted by Crippen LogP contribution is -2.53. The molecule has 0 bridgehead atoms. The van der Waals surface area contributed by atoms with Gasteiger partial charge in [0.1, 0.15) is 6.07 Å². The number of nitriles is 1. The highest BCUT2D eigenvalue weighted by Crippen LogP contribution is 2.21. The molecule has 2 aromatic rings. The summed E-state index contributed by atoms with van der Waals surface area (Å²) in [4.78, 5) is 20.6. The van der Waals surface area contributed by atoms with E-state index in [2.05, 4.69) is 16.0 Å². The Morgan fingerprint density at radius 3 is 2.69 bits per heavy atom. The highest BCUT2D eigenvalue weighted by Gasteiger charge is 2.26. The average Bonchev–Trinajstić information content (AvgIpc) is 2.69. The van der Waals surface area contributed by atoms with Crippen LogP contribution in [0.2, 0.25) is 5.02 Å². The number of carbonyl (C=O) groups excluding carboxylic acids is 1. The summed E-state index contributed by atoms with van der Waals surface area (Å²) < 4.78 is 0. The van der Waals surface area contributed by atoms with E-state index in [9.17, 15) is 10.1 Å². The van der Waals surface area contributed by atoms with Gasteiger partial charge in [-0.1, -0.05) is 29.8 Å². The van der Waals surface area contributed by atoms with Gasteiger partial charge >= 0.3 is 0 Å². The number of pyridine rings is 1. The molecule has 1 aliphatic heterocycles. The molecule has 7 heteroatoms. The summed E-state index contributed by atoms with van der Waals surface area (Å²) in [7, 11) is 0. The number of amides is 1. The lowest BCUT2D eigenvalue weighted by molar-refractivity contribution is -0.132. The van der Waals surface area contributed by atoms with E-state index in [1.54, 1.807) is 29.4 Å². The largest absolute Gasteiger partial charge is 0.366 e. The van der Waals surface area contributed by atoms with Gasteiger partial charge in [0.05, 0.1) is 23.5 Å². The van der Waals surface area contributed by atoms with Crippen molar-refractivity contribution in [1.82, 2.24) is 9.88 Å². The van der Waals surface area contributed by atoms with Crippen LogP contribution >= 0.6 is 11.6 Å². The van der Waals surface area contributed by atoms with E-state index in [-0.39, 0.29) is 5.91 Å². The van der Waals surface area contributed by atoms with E-state index < -0.39 is 6.04 Å². The summed E-state index contributed by atoms with van der Waals surface area (Å²) in [5, 5.41) is 9.85. The van der Waals surface area contributed by atoms with E-state index in [4.69, 9.17) is 17.3 Å². The van der Waals surface area contributed by atoms with Gasteiger partial charge < -0.3 is 15.5 Å². The van der Waals surface area contributed by atoms with E-state index in [0.29, 0.717) is 43.2 Å². The van der Waals surface area contributed by atoms with Crippen LogP contribution in [-0.2, 0) is 11.2 Å². The lowest BCUT2D eigenvalue weighted by Gasteiger charge is -2.37. The first kappa shape index (κ1) is 18.2. The van der Waals surface area contributed by atoms with Gasteiger partial charge in [-0.25, -0.2) is 0 Å². The molecule has 2 N–H and O–H groups in total. The molecule has 1 aromatic heterocycles. The fraction of sp³-hybridized carbons (Fsp3) is 0.316. The first-order valence-electron chi connectivity index (χ1n) is 8.47. The number of anilines is 1. The number of aromatic nitrogens is 1. The third-order valence-electron chi connectivity index (χ3n) is 4.57. The Kier molecular flexibility index (Phi) is 5.71. The van der Waals surface area contributed by atoms with E-state index >= 15 is 0 Å². The molecule has 0 spiro atoms. The maximum Gasteiger partial charge on any atom is 0.239 e. The molecule has 1 saturated heterocycles. The first-order valence-corrected chi connectivity index (χ1v) is 8.85. The maximum absolute atomic E-state index is 12.7. The molecule has 6 nitrogen and oxygen atoms in total. The van der Waals surface area contributed by atoms with Crippen LogP contribution < -0.4 is 10.6 Å². The normalized spacial score (nSPS) is 15.4. The Labute approximate surface area is 157 Å². The fourth-order valence-corrected chi connectivity index (χ4v) is 3.34. The van der Waals surface area contributed by atoms with Gasteiger partial charge in [-0.05, 0) is 24.1 Å². The van der Waals surface area contributed by atoms with Crippen molar-refractivity contribution < 1.29 is 4.79 Å². The fourth-order valence-electron chi connectivity index (χ4n) is 3.12. The molecular weight excluding hydrogens is 350 g/mol. The highest BCUT2D eigenvalue weighted by molar-refractivity contribution is 6.31. The van der Waals surface area contributed by atoms with Crippen LogP contribution in [0.4, 0.5) is 5.69 Å². The van der Waals surface area contributed by atoms with Crippen molar-refractivity contribution in [3.8, 4) is 6.07 Å². The third kappa shape index (κ3) is 3.96. The molecule has 1 unspecified atom stereocenters. The molecule has 1 fully saturated rings. The minimum absolute atomic E-state index is 0.0729. The van der Waals surface area contributed by atoms with Crippen LogP contribution in [0.5, 0.6) is 0 Å². The zero-order valence-electron chi connectivity index (χ0n) is 14.3. The number of rotatable bonds is 4. The predicted octanol–water partition coefficient (Wildman–Crippen LogP) is 1.83. The van der Waals surface area contributed by atoms with Crippen LogP contribution in [-0.4, -0.2) is 48.0 Å². The third-order valence-corrected chi connectivity index (χ3v) is 4.94. The number of hydrogen-bond donors (Lipinski definition) is 1. The summed E-state index contributed by atoms with van der Waals surface area (Å²) in [6, 6.07) is 10.7.